The highest BCUT2D eigenvalue weighted by Gasteiger charge is 2.14. The van der Waals surface area contributed by atoms with Gasteiger partial charge in [-0.1, -0.05) is 32.0 Å². The molecule has 1 aromatic heterocycles. The second kappa shape index (κ2) is 11.8. The third kappa shape index (κ3) is 7.78. The number of oxazole rings is 1. The van der Waals surface area contributed by atoms with Crippen molar-refractivity contribution in [2.24, 2.45) is 10.9 Å². The summed E-state index contributed by atoms with van der Waals surface area (Å²) < 4.78 is 5.60. The summed E-state index contributed by atoms with van der Waals surface area (Å²) in [5.74, 6) is 2.73. The Morgan fingerprint density at radius 1 is 1.15 bits per heavy atom. The van der Waals surface area contributed by atoms with Gasteiger partial charge in [0.05, 0.1) is 5.69 Å². The summed E-state index contributed by atoms with van der Waals surface area (Å²) in [7, 11) is 0. The first-order valence-electron chi connectivity index (χ1n) is 9.26. The molecule has 0 bridgehead atoms. The fraction of sp³-hybridized carbons (Fsp3) is 0.500. The number of aryl methyl sites for hydroxylation is 2. The smallest absolute Gasteiger partial charge is 0.216 e. The van der Waals surface area contributed by atoms with Gasteiger partial charge in [0.25, 0.3) is 0 Å². The molecule has 7 heteroatoms. The normalized spacial score (nSPS) is 12.4. The van der Waals surface area contributed by atoms with Crippen molar-refractivity contribution in [1.29, 1.82) is 0 Å². The Bertz CT molecular complexity index is 680. The molecule has 2 rings (SSSR count). The van der Waals surface area contributed by atoms with E-state index in [1.807, 2.05) is 32.0 Å². The molecule has 0 saturated carbocycles. The molecule has 1 heterocycles. The molecule has 0 aliphatic heterocycles. The maximum Gasteiger partial charge on any atom is 0.216 e. The first-order chi connectivity index (χ1) is 12.5. The zero-order chi connectivity index (χ0) is 18.9. The first kappa shape index (κ1) is 23.3. The number of hydrogen-bond donors (Lipinski definition) is 3. The van der Waals surface area contributed by atoms with Gasteiger partial charge in [0.15, 0.2) is 5.96 Å². The van der Waals surface area contributed by atoms with E-state index in [2.05, 4.69) is 58.8 Å². The highest BCUT2D eigenvalue weighted by Crippen LogP contribution is 2.12. The second-order valence-corrected chi connectivity index (χ2v) is 6.69. The minimum Gasteiger partial charge on any atom is -0.444 e. The molecule has 1 unspecified atom stereocenters. The van der Waals surface area contributed by atoms with Crippen molar-refractivity contribution in [3.05, 3.63) is 47.7 Å². The summed E-state index contributed by atoms with van der Waals surface area (Å²) in [4.78, 5) is 8.97. The predicted octanol–water partition coefficient (Wildman–Crippen LogP) is 4.10. The maximum absolute atomic E-state index is 5.60. The van der Waals surface area contributed by atoms with Crippen molar-refractivity contribution in [2.45, 2.75) is 47.2 Å². The number of aliphatic imine (C=N–C) groups is 1. The summed E-state index contributed by atoms with van der Waals surface area (Å²) in [6.07, 6.45) is 0. The number of aromatic nitrogens is 1. The number of halogens is 1. The molecule has 0 aliphatic rings. The summed E-state index contributed by atoms with van der Waals surface area (Å²) >= 11 is 0. The van der Waals surface area contributed by atoms with E-state index in [-0.39, 0.29) is 30.0 Å². The SMILES string of the molecule is CCNC(=NCc1nc(C)c(C)o1)NCC(Nc1ccccc1)C(C)C.I. The Morgan fingerprint density at radius 2 is 1.85 bits per heavy atom. The minimum atomic E-state index is 0. The number of benzene rings is 1. The molecule has 0 saturated heterocycles. The number of para-hydroxylation sites is 1. The molecule has 0 aliphatic carbocycles. The highest BCUT2D eigenvalue weighted by molar-refractivity contribution is 14.0. The molecule has 150 valence electrons. The van der Waals surface area contributed by atoms with E-state index in [0.717, 1.165) is 36.2 Å². The number of guanidine groups is 1. The van der Waals surface area contributed by atoms with E-state index in [0.29, 0.717) is 18.4 Å². The van der Waals surface area contributed by atoms with Gasteiger partial charge in [-0.25, -0.2) is 9.98 Å². The van der Waals surface area contributed by atoms with Gasteiger partial charge >= 0.3 is 0 Å². The van der Waals surface area contributed by atoms with E-state index >= 15 is 0 Å². The molecule has 0 amide bonds. The van der Waals surface area contributed by atoms with Crippen molar-refractivity contribution < 1.29 is 4.42 Å². The van der Waals surface area contributed by atoms with Crippen LogP contribution >= 0.6 is 24.0 Å². The third-order valence-corrected chi connectivity index (χ3v) is 4.21. The lowest BCUT2D eigenvalue weighted by atomic mass is 10.0. The van der Waals surface area contributed by atoms with Crippen molar-refractivity contribution in [1.82, 2.24) is 15.6 Å². The monoisotopic (exact) mass is 485 g/mol. The molecule has 1 atom stereocenters. The Balaban J connectivity index is 0.00000364. The van der Waals surface area contributed by atoms with Crippen LogP contribution in [0.2, 0.25) is 0 Å². The average molecular weight is 485 g/mol. The highest BCUT2D eigenvalue weighted by atomic mass is 127. The fourth-order valence-corrected chi connectivity index (χ4v) is 2.50. The lowest BCUT2D eigenvalue weighted by Gasteiger charge is -2.25. The van der Waals surface area contributed by atoms with Gasteiger partial charge < -0.3 is 20.4 Å². The number of anilines is 1. The van der Waals surface area contributed by atoms with Gasteiger partial charge in [-0.3, -0.25) is 0 Å². The van der Waals surface area contributed by atoms with E-state index in [4.69, 9.17) is 4.42 Å². The molecule has 0 fully saturated rings. The summed E-state index contributed by atoms with van der Waals surface area (Å²) in [5.41, 5.74) is 2.04. The number of nitrogens with zero attached hydrogens (tertiary/aromatic N) is 2. The zero-order valence-corrected chi connectivity index (χ0v) is 19.2. The molecule has 2 aromatic rings. The quantitative estimate of drug-likeness (QED) is 0.298. The van der Waals surface area contributed by atoms with Crippen LogP contribution in [-0.2, 0) is 6.54 Å². The van der Waals surface area contributed by atoms with Crippen LogP contribution in [0.3, 0.4) is 0 Å². The van der Waals surface area contributed by atoms with Crippen LogP contribution < -0.4 is 16.0 Å². The maximum atomic E-state index is 5.60. The van der Waals surface area contributed by atoms with Crippen LogP contribution in [0.4, 0.5) is 5.69 Å². The molecular weight excluding hydrogens is 453 g/mol. The van der Waals surface area contributed by atoms with E-state index in [1.54, 1.807) is 0 Å². The molecule has 3 N–H and O–H groups in total. The molecule has 27 heavy (non-hydrogen) atoms. The summed E-state index contributed by atoms with van der Waals surface area (Å²) in [6.45, 7) is 12.3. The lowest BCUT2D eigenvalue weighted by Crippen LogP contribution is -2.44. The van der Waals surface area contributed by atoms with E-state index in [1.165, 1.54) is 0 Å². The van der Waals surface area contributed by atoms with Crippen LogP contribution in [0.15, 0.2) is 39.7 Å². The topological polar surface area (TPSA) is 74.5 Å². The lowest BCUT2D eigenvalue weighted by molar-refractivity contribution is 0.472. The van der Waals surface area contributed by atoms with Crippen LogP contribution in [0.25, 0.3) is 0 Å². The van der Waals surface area contributed by atoms with Gasteiger partial charge in [-0.15, -0.1) is 24.0 Å². The summed E-state index contributed by atoms with van der Waals surface area (Å²) in [6, 6.07) is 10.6. The summed E-state index contributed by atoms with van der Waals surface area (Å²) in [5, 5.41) is 10.3. The Labute approximate surface area is 179 Å². The van der Waals surface area contributed by atoms with Crippen molar-refractivity contribution in [3.8, 4) is 0 Å². The Kier molecular flexibility index (Phi) is 10.2. The molecule has 6 nitrogen and oxygen atoms in total. The molecule has 0 radical (unpaired) electrons. The van der Waals surface area contributed by atoms with Gasteiger partial charge in [-0.2, -0.15) is 0 Å². The Hall–Kier alpha value is -1.77. The molecule has 1 aromatic carbocycles. The third-order valence-electron chi connectivity index (χ3n) is 4.21. The number of hydrogen-bond acceptors (Lipinski definition) is 4. The van der Waals surface area contributed by atoms with Gasteiger partial charge in [0.1, 0.15) is 12.3 Å². The van der Waals surface area contributed by atoms with Crippen molar-refractivity contribution in [3.63, 3.8) is 0 Å². The first-order valence-corrected chi connectivity index (χ1v) is 9.26. The van der Waals surface area contributed by atoms with Crippen molar-refractivity contribution in [2.75, 3.05) is 18.4 Å². The van der Waals surface area contributed by atoms with E-state index in [9.17, 15) is 0 Å². The predicted molar refractivity (Wildman–Crippen MR) is 123 cm³/mol. The fourth-order valence-electron chi connectivity index (χ4n) is 2.50. The average Bonchev–Trinajstić information content (AvgIpc) is 2.94. The molecule has 0 spiro atoms. The largest absolute Gasteiger partial charge is 0.444 e. The Morgan fingerprint density at radius 3 is 2.41 bits per heavy atom. The van der Waals surface area contributed by atoms with Crippen LogP contribution in [0, 0.1) is 19.8 Å². The zero-order valence-electron chi connectivity index (χ0n) is 16.9. The second-order valence-electron chi connectivity index (χ2n) is 6.69. The van der Waals surface area contributed by atoms with E-state index < -0.39 is 0 Å². The van der Waals surface area contributed by atoms with Crippen LogP contribution in [0.1, 0.15) is 38.1 Å². The van der Waals surface area contributed by atoms with Crippen LogP contribution in [0.5, 0.6) is 0 Å². The van der Waals surface area contributed by atoms with Crippen molar-refractivity contribution >= 4 is 35.6 Å². The number of rotatable bonds is 8. The van der Waals surface area contributed by atoms with Gasteiger partial charge in [-0.05, 0) is 38.8 Å². The number of nitrogens with one attached hydrogen (secondary N) is 3. The molecular formula is C20H32IN5O. The van der Waals surface area contributed by atoms with Crippen LogP contribution in [-0.4, -0.2) is 30.1 Å². The standard InChI is InChI=1S/C20H31N5O.HI/c1-6-21-20(23-13-19-24-15(4)16(5)26-19)22-12-18(14(2)3)25-17-10-8-7-9-11-17;/h7-11,14,18,25H,6,12-13H2,1-5H3,(H2,21,22,23);1H. The van der Waals surface area contributed by atoms with Gasteiger partial charge in [0, 0.05) is 24.8 Å². The van der Waals surface area contributed by atoms with Gasteiger partial charge in [0.2, 0.25) is 5.89 Å². The minimum absolute atomic E-state index is 0.